The third-order valence-corrected chi connectivity index (χ3v) is 5.81. The number of benzene rings is 2. The molecule has 40 heavy (non-hydrogen) atoms. The van der Waals surface area contributed by atoms with Crippen LogP contribution in [0.3, 0.4) is 0 Å². The standard InChI is InChI=1S/C29H36N4O7/c1-18-16-24(32-40-18)30-25(34)14-15-26(35)33(22-13-12-21(38-6)17-23(22)39-7)27(28(36)31-29(2,3)4)19-8-10-20(37-5)11-9-19/h8-13,16-17,27H,14-15H2,1-7H3,(H,31,36)(H,30,32,34). The molecule has 3 rings (SSSR count). The number of aryl methyl sites for hydroxylation is 1. The quantitative estimate of drug-likeness (QED) is 0.357. The van der Waals surface area contributed by atoms with E-state index in [2.05, 4.69) is 15.8 Å². The zero-order valence-corrected chi connectivity index (χ0v) is 23.9. The molecule has 0 saturated heterocycles. The van der Waals surface area contributed by atoms with E-state index < -0.39 is 29.3 Å². The van der Waals surface area contributed by atoms with Gasteiger partial charge in [-0.25, -0.2) is 0 Å². The van der Waals surface area contributed by atoms with E-state index in [0.717, 1.165) is 0 Å². The molecule has 0 aliphatic rings. The van der Waals surface area contributed by atoms with E-state index in [9.17, 15) is 14.4 Å². The SMILES string of the molecule is COc1ccc(C(C(=O)NC(C)(C)C)N(C(=O)CCC(=O)Nc2cc(C)on2)c2ccc(OC)cc2OC)cc1. The van der Waals surface area contributed by atoms with Gasteiger partial charge in [0.25, 0.3) is 0 Å². The lowest BCUT2D eigenvalue weighted by atomic mass is 9.99. The van der Waals surface area contributed by atoms with Crippen molar-refractivity contribution in [1.29, 1.82) is 0 Å². The minimum atomic E-state index is -1.10. The summed E-state index contributed by atoms with van der Waals surface area (Å²) in [5.41, 5.74) is 0.290. The van der Waals surface area contributed by atoms with Crippen LogP contribution in [-0.4, -0.2) is 49.7 Å². The lowest BCUT2D eigenvalue weighted by molar-refractivity contribution is -0.128. The van der Waals surface area contributed by atoms with Gasteiger partial charge in [-0.1, -0.05) is 17.3 Å². The average Bonchev–Trinajstić information content (AvgIpc) is 3.33. The van der Waals surface area contributed by atoms with Crippen LogP contribution in [0.4, 0.5) is 11.5 Å². The summed E-state index contributed by atoms with van der Waals surface area (Å²) in [7, 11) is 4.53. The number of carbonyl (C=O) groups excluding carboxylic acids is 3. The summed E-state index contributed by atoms with van der Waals surface area (Å²) in [6, 6.07) is 12.3. The Hall–Kier alpha value is -4.54. The highest BCUT2D eigenvalue weighted by molar-refractivity contribution is 6.04. The van der Waals surface area contributed by atoms with E-state index >= 15 is 0 Å². The predicted molar refractivity (Wildman–Crippen MR) is 150 cm³/mol. The second-order valence-electron chi connectivity index (χ2n) is 10.1. The van der Waals surface area contributed by atoms with Crippen LogP contribution in [-0.2, 0) is 14.4 Å². The smallest absolute Gasteiger partial charge is 0.248 e. The molecule has 0 aliphatic carbocycles. The minimum Gasteiger partial charge on any atom is -0.497 e. The van der Waals surface area contributed by atoms with Gasteiger partial charge < -0.3 is 29.4 Å². The van der Waals surface area contributed by atoms with Gasteiger partial charge in [0.15, 0.2) is 5.82 Å². The molecule has 3 aromatic rings. The van der Waals surface area contributed by atoms with Crippen LogP contribution < -0.4 is 29.7 Å². The third-order valence-electron chi connectivity index (χ3n) is 5.81. The Bertz CT molecular complexity index is 1330. The molecule has 1 heterocycles. The fourth-order valence-corrected chi connectivity index (χ4v) is 4.01. The Morgan fingerprint density at radius 3 is 2.12 bits per heavy atom. The first-order chi connectivity index (χ1) is 18.9. The van der Waals surface area contributed by atoms with Crippen LogP contribution in [0.5, 0.6) is 17.2 Å². The van der Waals surface area contributed by atoms with Crippen molar-refractivity contribution in [3.8, 4) is 17.2 Å². The van der Waals surface area contributed by atoms with Gasteiger partial charge in [0.2, 0.25) is 17.7 Å². The summed E-state index contributed by atoms with van der Waals surface area (Å²) in [5, 5.41) is 9.35. The summed E-state index contributed by atoms with van der Waals surface area (Å²) in [6.07, 6.45) is -0.358. The number of anilines is 2. The zero-order valence-electron chi connectivity index (χ0n) is 23.9. The van der Waals surface area contributed by atoms with Gasteiger partial charge in [-0.3, -0.25) is 19.3 Å². The number of hydrogen-bond donors (Lipinski definition) is 2. The maximum Gasteiger partial charge on any atom is 0.248 e. The second-order valence-corrected chi connectivity index (χ2v) is 10.1. The Morgan fingerprint density at radius 2 is 1.57 bits per heavy atom. The summed E-state index contributed by atoms with van der Waals surface area (Å²) in [5.74, 6) is 0.904. The highest BCUT2D eigenvalue weighted by Gasteiger charge is 2.36. The molecule has 0 bridgehead atoms. The van der Waals surface area contributed by atoms with Gasteiger partial charge in [-0.15, -0.1) is 0 Å². The number of nitrogens with one attached hydrogen (secondary N) is 2. The number of amides is 3. The first-order valence-electron chi connectivity index (χ1n) is 12.7. The fraction of sp³-hybridized carbons (Fsp3) is 0.379. The van der Waals surface area contributed by atoms with Gasteiger partial charge in [0.05, 0.1) is 27.0 Å². The molecule has 2 aromatic carbocycles. The highest BCUT2D eigenvalue weighted by Crippen LogP contribution is 2.38. The monoisotopic (exact) mass is 552 g/mol. The largest absolute Gasteiger partial charge is 0.497 e. The van der Waals surface area contributed by atoms with Crippen molar-refractivity contribution in [2.45, 2.75) is 52.1 Å². The van der Waals surface area contributed by atoms with Crippen LogP contribution in [0.25, 0.3) is 0 Å². The van der Waals surface area contributed by atoms with Crippen LogP contribution in [0.1, 0.15) is 51.0 Å². The van der Waals surface area contributed by atoms with Crippen LogP contribution in [0.15, 0.2) is 53.1 Å². The predicted octanol–water partition coefficient (Wildman–Crippen LogP) is 4.42. The molecule has 0 spiro atoms. The van der Waals surface area contributed by atoms with Gasteiger partial charge >= 0.3 is 0 Å². The maximum absolute atomic E-state index is 14.0. The first-order valence-corrected chi connectivity index (χ1v) is 12.7. The minimum absolute atomic E-state index is 0.157. The lowest BCUT2D eigenvalue weighted by Gasteiger charge is -2.34. The normalized spacial score (nSPS) is 11.8. The Labute approximate surface area is 233 Å². The van der Waals surface area contributed by atoms with Crippen molar-refractivity contribution in [3.05, 3.63) is 59.9 Å². The number of aromatic nitrogens is 1. The molecule has 214 valence electrons. The van der Waals surface area contributed by atoms with Gasteiger partial charge in [0.1, 0.15) is 29.1 Å². The Balaban J connectivity index is 2.05. The Kier molecular flexibility index (Phi) is 9.76. The van der Waals surface area contributed by atoms with E-state index in [1.807, 2.05) is 20.8 Å². The molecular formula is C29H36N4O7. The Morgan fingerprint density at radius 1 is 0.925 bits per heavy atom. The van der Waals surface area contributed by atoms with Crippen LogP contribution in [0.2, 0.25) is 0 Å². The topological polar surface area (TPSA) is 132 Å². The molecule has 0 saturated carbocycles. The van der Waals surface area contributed by atoms with Crippen molar-refractivity contribution in [2.75, 3.05) is 31.5 Å². The van der Waals surface area contributed by atoms with E-state index in [1.165, 1.54) is 19.1 Å². The van der Waals surface area contributed by atoms with Crippen molar-refractivity contribution < 1.29 is 33.1 Å². The molecule has 0 fully saturated rings. The van der Waals surface area contributed by atoms with E-state index in [4.69, 9.17) is 18.7 Å². The van der Waals surface area contributed by atoms with Gasteiger partial charge in [-0.05, 0) is 57.5 Å². The van der Waals surface area contributed by atoms with Crippen molar-refractivity contribution in [2.24, 2.45) is 0 Å². The molecule has 1 unspecified atom stereocenters. The molecule has 0 aliphatic heterocycles. The number of methoxy groups -OCH3 is 3. The lowest BCUT2D eigenvalue weighted by Crippen LogP contribution is -2.49. The molecule has 0 radical (unpaired) electrons. The fourth-order valence-electron chi connectivity index (χ4n) is 4.01. The van der Waals surface area contributed by atoms with Gasteiger partial charge in [-0.2, -0.15) is 0 Å². The number of nitrogens with zero attached hydrogens (tertiary/aromatic N) is 2. The van der Waals surface area contributed by atoms with E-state index in [1.54, 1.807) is 62.6 Å². The third kappa shape index (κ3) is 7.75. The molecular weight excluding hydrogens is 516 g/mol. The van der Waals surface area contributed by atoms with E-state index in [0.29, 0.717) is 34.3 Å². The summed E-state index contributed by atoms with van der Waals surface area (Å²) in [6.45, 7) is 7.26. The molecule has 3 amide bonds. The summed E-state index contributed by atoms with van der Waals surface area (Å²) >= 11 is 0. The number of carbonyl (C=O) groups is 3. The van der Waals surface area contributed by atoms with Crippen LogP contribution >= 0.6 is 0 Å². The molecule has 11 nitrogen and oxygen atoms in total. The summed E-state index contributed by atoms with van der Waals surface area (Å²) in [4.78, 5) is 41.8. The molecule has 1 atom stereocenters. The second kappa shape index (κ2) is 13.0. The zero-order chi connectivity index (χ0) is 29.4. The summed E-state index contributed by atoms with van der Waals surface area (Å²) < 4.78 is 21.2. The number of ether oxygens (including phenoxy) is 3. The average molecular weight is 553 g/mol. The van der Waals surface area contributed by atoms with E-state index in [-0.39, 0.29) is 18.7 Å². The van der Waals surface area contributed by atoms with Gasteiger partial charge in [0, 0.05) is 30.5 Å². The highest BCUT2D eigenvalue weighted by atomic mass is 16.5. The van der Waals surface area contributed by atoms with Crippen molar-refractivity contribution >= 4 is 29.2 Å². The molecule has 11 heteroatoms. The van der Waals surface area contributed by atoms with Crippen LogP contribution in [0, 0.1) is 6.92 Å². The molecule has 1 aromatic heterocycles. The van der Waals surface area contributed by atoms with Crippen molar-refractivity contribution in [1.82, 2.24) is 10.5 Å². The first kappa shape index (κ1) is 30.0. The number of hydrogen-bond acceptors (Lipinski definition) is 8. The van der Waals surface area contributed by atoms with Crippen molar-refractivity contribution in [3.63, 3.8) is 0 Å². The number of rotatable bonds is 11. The molecule has 2 N–H and O–H groups in total. The maximum atomic E-state index is 14.0.